The monoisotopic (exact) mass is 69.1 g/mol. The van der Waals surface area contributed by atoms with Crippen molar-refractivity contribution in [2.45, 2.75) is 18.4 Å². The van der Waals surface area contributed by atoms with Crippen LogP contribution < -0.4 is 5.73 Å². The zero-order chi connectivity index (χ0) is 3.49. The molecule has 2 aliphatic carbocycles. The molecule has 2 N–H and O–H groups in total. The number of nitrogens with two attached hydrogens (primary N) is 1. The molecular formula is C4H7N. The van der Waals surface area contributed by atoms with Gasteiger partial charge in [0.05, 0.1) is 0 Å². The first-order chi connectivity index (χ1) is 2.31. The third-order valence-electron chi connectivity index (χ3n) is 1.75. The number of fused-ring (bicyclic) bond motifs is 1. The molecular weight excluding hydrogens is 62.1 g/mol. The molecule has 1 nitrogen and oxygen atoms in total. The number of hydrogen-bond acceptors (Lipinski definition) is 1. The molecule has 28 valence electrons. The second-order valence-electron chi connectivity index (χ2n) is 2.34. The molecule has 0 bridgehead atoms. The molecule has 2 rings (SSSR count). The van der Waals surface area contributed by atoms with Crippen molar-refractivity contribution in [3.8, 4) is 0 Å². The molecule has 1 heteroatoms. The van der Waals surface area contributed by atoms with Crippen LogP contribution in [-0.2, 0) is 0 Å². The highest BCUT2D eigenvalue weighted by molar-refractivity contribution is 5.24. The summed E-state index contributed by atoms with van der Waals surface area (Å²) >= 11 is 0. The predicted molar refractivity (Wildman–Crippen MR) is 19.6 cm³/mol. The summed E-state index contributed by atoms with van der Waals surface area (Å²) in [4.78, 5) is 0. The first kappa shape index (κ1) is 2.19. The zero-order valence-electron chi connectivity index (χ0n) is 3.07. The summed E-state index contributed by atoms with van der Waals surface area (Å²) in [5.41, 5.74) is 5.96. The van der Waals surface area contributed by atoms with Gasteiger partial charge in [-0.1, -0.05) is 0 Å². The molecule has 0 spiro atoms. The van der Waals surface area contributed by atoms with Gasteiger partial charge in [0.2, 0.25) is 0 Å². The lowest BCUT2D eigenvalue weighted by atomic mass is 10.4. The third kappa shape index (κ3) is 0.106. The van der Waals surface area contributed by atoms with Gasteiger partial charge in [-0.3, -0.25) is 0 Å². The van der Waals surface area contributed by atoms with E-state index in [0.717, 1.165) is 5.92 Å². The average Bonchev–Trinajstić information content (AvgIpc) is 1.74. The second-order valence-corrected chi connectivity index (χ2v) is 2.34. The molecule has 5 heavy (non-hydrogen) atoms. The van der Waals surface area contributed by atoms with E-state index >= 15 is 0 Å². The van der Waals surface area contributed by atoms with E-state index in [1.165, 1.54) is 12.8 Å². The van der Waals surface area contributed by atoms with Crippen LogP contribution in [0.4, 0.5) is 0 Å². The van der Waals surface area contributed by atoms with Crippen LogP contribution in [0, 0.1) is 5.92 Å². The van der Waals surface area contributed by atoms with E-state index in [9.17, 15) is 0 Å². The van der Waals surface area contributed by atoms with Gasteiger partial charge in [-0.05, 0) is 18.8 Å². The van der Waals surface area contributed by atoms with Gasteiger partial charge in [-0.15, -0.1) is 0 Å². The SMILES string of the molecule is NC12CC1C2. The Labute approximate surface area is 31.2 Å². The summed E-state index contributed by atoms with van der Waals surface area (Å²) < 4.78 is 0. The van der Waals surface area contributed by atoms with Crippen molar-refractivity contribution >= 4 is 0 Å². The Morgan fingerprint density at radius 1 is 1.60 bits per heavy atom. The topological polar surface area (TPSA) is 26.0 Å². The Bertz CT molecular complexity index is 71.7. The third-order valence-corrected chi connectivity index (χ3v) is 1.75. The Balaban J connectivity index is 2.37. The molecule has 0 atom stereocenters. The van der Waals surface area contributed by atoms with Crippen molar-refractivity contribution in [2.24, 2.45) is 11.7 Å². The van der Waals surface area contributed by atoms with Crippen molar-refractivity contribution in [1.82, 2.24) is 0 Å². The molecule has 0 unspecified atom stereocenters. The van der Waals surface area contributed by atoms with Crippen LogP contribution in [0.5, 0.6) is 0 Å². The number of hydrogen-bond donors (Lipinski definition) is 1. The average molecular weight is 69.1 g/mol. The van der Waals surface area contributed by atoms with Gasteiger partial charge in [-0.2, -0.15) is 0 Å². The maximum absolute atomic E-state index is 5.54. The van der Waals surface area contributed by atoms with Gasteiger partial charge in [0.25, 0.3) is 0 Å². The highest BCUT2D eigenvalue weighted by Crippen LogP contribution is 2.64. The van der Waals surface area contributed by atoms with Crippen LogP contribution in [0.1, 0.15) is 12.8 Å². The van der Waals surface area contributed by atoms with Crippen molar-refractivity contribution in [3.05, 3.63) is 0 Å². The van der Waals surface area contributed by atoms with E-state index in [0.29, 0.717) is 5.54 Å². The van der Waals surface area contributed by atoms with Gasteiger partial charge >= 0.3 is 0 Å². The summed E-state index contributed by atoms with van der Waals surface area (Å²) in [7, 11) is 0. The summed E-state index contributed by atoms with van der Waals surface area (Å²) in [6.45, 7) is 0. The Morgan fingerprint density at radius 3 is 1.80 bits per heavy atom. The van der Waals surface area contributed by atoms with E-state index in [-0.39, 0.29) is 0 Å². The molecule has 0 aromatic heterocycles. The Kier molecular flexibility index (Phi) is 0.126. The van der Waals surface area contributed by atoms with Crippen LogP contribution in [0.3, 0.4) is 0 Å². The lowest BCUT2D eigenvalue weighted by Gasteiger charge is -1.81. The summed E-state index contributed by atoms with van der Waals surface area (Å²) in [6.07, 6.45) is 2.65. The summed E-state index contributed by atoms with van der Waals surface area (Å²) in [5, 5.41) is 0. The fraction of sp³-hybridized carbons (Fsp3) is 1.00. The maximum Gasteiger partial charge on any atom is 0.0190 e. The van der Waals surface area contributed by atoms with Gasteiger partial charge in [0.1, 0.15) is 0 Å². The summed E-state index contributed by atoms with van der Waals surface area (Å²) in [6, 6.07) is 0. The molecule has 0 aromatic rings. The van der Waals surface area contributed by atoms with Gasteiger partial charge in [0.15, 0.2) is 0 Å². The lowest BCUT2D eigenvalue weighted by molar-refractivity contribution is 0.803. The van der Waals surface area contributed by atoms with Gasteiger partial charge in [0, 0.05) is 5.54 Å². The number of rotatable bonds is 0. The molecule has 0 aromatic carbocycles. The minimum absolute atomic E-state index is 0.417. The molecule has 0 radical (unpaired) electrons. The van der Waals surface area contributed by atoms with Gasteiger partial charge in [-0.25, -0.2) is 0 Å². The highest BCUT2D eigenvalue weighted by Gasteiger charge is 2.66. The van der Waals surface area contributed by atoms with Crippen LogP contribution in [0.25, 0.3) is 0 Å². The largest absolute Gasteiger partial charge is 0.325 e. The Morgan fingerprint density at radius 2 is 1.80 bits per heavy atom. The van der Waals surface area contributed by atoms with E-state index in [2.05, 4.69) is 0 Å². The first-order valence-electron chi connectivity index (χ1n) is 2.10. The zero-order valence-corrected chi connectivity index (χ0v) is 3.07. The predicted octanol–water partition coefficient (Wildman–Crippen LogP) is 0.107. The van der Waals surface area contributed by atoms with Crippen LogP contribution in [0.15, 0.2) is 0 Å². The van der Waals surface area contributed by atoms with Crippen molar-refractivity contribution in [1.29, 1.82) is 0 Å². The fourth-order valence-corrected chi connectivity index (χ4v) is 0.740. The van der Waals surface area contributed by atoms with E-state index < -0.39 is 0 Å². The van der Waals surface area contributed by atoms with Crippen molar-refractivity contribution in [2.75, 3.05) is 0 Å². The molecule has 2 saturated carbocycles. The molecule has 0 aliphatic heterocycles. The first-order valence-corrected chi connectivity index (χ1v) is 2.10. The second kappa shape index (κ2) is 0.289. The summed E-state index contributed by atoms with van der Waals surface area (Å²) in [5.74, 6) is 0.975. The van der Waals surface area contributed by atoms with Crippen LogP contribution >= 0.6 is 0 Å². The smallest absolute Gasteiger partial charge is 0.0190 e. The quantitative estimate of drug-likeness (QED) is 0.429. The molecule has 0 amide bonds. The highest BCUT2D eigenvalue weighted by atomic mass is 15.0. The molecule has 0 heterocycles. The lowest BCUT2D eigenvalue weighted by Crippen LogP contribution is -2.07. The molecule has 0 saturated heterocycles. The molecule has 2 aliphatic rings. The van der Waals surface area contributed by atoms with Gasteiger partial charge < -0.3 is 5.73 Å². The minimum Gasteiger partial charge on any atom is -0.325 e. The minimum atomic E-state index is 0.417. The Hall–Kier alpha value is -0.0400. The molecule has 2 fully saturated rings. The normalized spacial score (nSPS) is 70.2. The van der Waals surface area contributed by atoms with Crippen molar-refractivity contribution < 1.29 is 0 Å². The standard InChI is InChI=1S/C4H7N/c5-4-1-3(4)2-4/h3H,1-2,5H2. The fourth-order valence-electron chi connectivity index (χ4n) is 0.740. The maximum atomic E-state index is 5.54. The van der Waals surface area contributed by atoms with E-state index in [4.69, 9.17) is 5.73 Å². The van der Waals surface area contributed by atoms with Crippen molar-refractivity contribution in [3.63, 3.8) is 0 Å². The van der Waals surface area contributed by atoms with E-state index in [1.807, 2.05) is 0 Å². The van der Waals surface area contributed by atoms with E-state index in [1.54, 1.807) is 0 Å². The van der Waals surface area contributed by atoms with Crippen LogP contribution in [-0.4, -0.2) is 5.54 Å². The van der Waals surface area contributed by atoms with Crippen LogP contribution in [0.2, 0.25) is 0 Å².